The molecule has 1 atom stereocenters. The van der Waals surface area contributed by atoms with E-state index in [4.69, 9.17) is 11.1 Å². The Bertz CT molecular complexity index is 83.4. The van der Waals surface area contributed by atoms with Crippen molar-refractivity contribution in [1.29, 1.82) is 5.41 Å². The zero-order valence-electron chi connectivity index (χ0n) is 4.77. The van der Waals surface area contributed by atoms with Crippen molar-refractivity contribution in [2.45, 2.75) is 19.6 Å². The first-order chi connectivity index (χ1) is 3.66. The first-order valence-corrected chi connectivity index (χ1v) is 2.43. The van der Waals surface area contributed by atoms with E-state index in [2.05, 4.69) is 5.32 Å². The highest BCUT2D eigenvalue weighted by Crippen LogP contribution is 1.81. The highest BCUT2D eigenvalue weighted by Gasteiger charge is 1.99. The molecule has 1 radical (unpaired) electrons. The molecule has 0 aromatic heterocycles. The smallest absolute Gasteiger partial charge is 0.187 e. The Morgan fingerprint density at radius 2 is 2.50 bits per heavy atom. The topological polar surface area (TPSA) is 81.8 Å². The minimum absolute atomic E-state index is 0.258. The molecule has 0 aromatic carbocycles. The van der Waals surface area contributed by atoms with Gasteiger partial charge in [0.15, 0.2) is 12.2 Å². The van der Waals surface area contributed by atoms with Crippen molar-refractivity contribution < 1.29 is 5.11 Å². The maximum atomic E-state index is 10.4. The summed E-state index contributed by atoms with van der Waals surface area (Å²) in [5.74, 6) is -0.258. The molecule has 1 unspecified atom stereocenters. The lowest BCUT2D eigenvalue weighted by Crippen LogP contribution is -2.37. The van der Waals surface area contributed by atoms with Crippen LogP contribution in [0.4, 0.5) is 0 Å². The quantitative estimate of drug-likeness (QED) is 0.261. The monoisotopic (exact) mass is 116 g/mol. The molecule has 4 nitrogen and oxygen atoms in total. The van der Waals surface area contributed by atoms with Crippen LogP contribution in [0.1, 0.15) is 13.3 Å². The summed E-state index contributed by atoms with van der Waals surface area (Å²) in [6, 6.07) is 0. The van der Waals surface area contributed by atoms with Gasteiger partial charge in [-0.25, -0.2) is 5.11 Å². The third-order valence-electron chi connectivity index (χ3n) is 0.687. The molecule has 0 rings (SSSR count). The molecule has 47 valence electrons. The minimum Gasteiger partial charge on any atom is -0.370 e. The van der Waals surface area contributed by atoms with E-state index in [1.54, 1.807) is 6.92 Å². The van der Waals surface area contributed by atoms with Crippen LogP contribution in [-0.4, -0.2) is 12.2 Å². The van der Waals surface area contributed by atoms with Crippen molar-refractivity contribution in [1.82, 2.24) is 5.32 Å². The highest BCUT2D eigenvalue weighted by atomic mass is 16.3. The van der Waals surface area contributed by atoms with E-state index in [0.717, 1.165) is 0 Å². The average molecular weight is 116 g/mol. The lowest BCUT2D eigenvalue weighted by atomic mass is 10.4. The van der Waals surface area contributed by atoms with Crippen molar-refractivity contribution in [3.05, 3.63) is 0 Å². The minimum atomic E-state index is -0.924. The molecule has 4 heteroatoms. The fourth-order valence-corrected chi connectivity index (χ4v) is 0.276. The Labute approximate surface area is 48.2 Å². The van der Waals surface area contributed by atoms with Gasteiger partial charge >= 0.3 is 0 Å². The lowest BCUT2D eigenvalue weighted by molar-refractivity contribution is 0.0727. The first-order valence-electron chi connectivity index (χ1n) is 2.43. The van der Waals surface area contributed by atoms with Gasteiger partial charge < -0.3 is 11.1 Å². The first kappa shape index (κ1) is 7.23. The van der Waals surface area contributed by atoms with Crippen LogP contribution in [0.3, 0.4) is 0 Å². The Morgan fingerprint density at radius 3 is 2.62 bits per heavy atom. The summed E-state index contributed by atoms with van der Waals surface area (Å²) >= 11 is 0. The summed E-state index contributed by atoms with van der Waals surface area (Å²) in [6.07, 6.45) is -0.480. The molecule has 0 aliphatic heterocycles. The van der Waals surface area contributed by atoms with E-state index in [1.807, 2.05) is 0 Å². The van der Waals surface area contributed by atoms with E-state index in [1.165, 1.54) is 0 Å². The zero-order valence-corrected chi connectivity index (χ0v) is 4.77. The molecule has 4 N–H and O–H groups in total. The van der Waals surface area contributed by atoms with Gasteiger partial charge in [-0.3, -0.25) is 5.41 Å². The summed E-state index contributed by atoms with van der Waals surface area (Å²) in [7, 11) is 0. The van der Waals surface area contributed by atoms with Gasteiger partial charge in [-0.05, 0) is 6.42 Å². The van der Waals surface area contributed by atoms with Crippen LogP contribution >= 0.6 is 0 Å². The number of nitrogens with two attached hydrogens (primary N) is 1. The van der Waals surface area contributed by atoms with E-state index in [-0.39, 0.29) is 5.96 Å². The summed E-state index contributed by atoms with van der Waals surface area (Å²) in [5.41, 5.74) is 4.84. The number of rotatable bonds is 2. The third kappa shape index (κ3) is 3.42. The maximum absolute atomic E-state index is 10.4. The second-order valence-electron chi connectivity index (χ2n) is 1.45. The van der Waals surface area contributed by atoms with Crippen LogP contribution in [0.15, 0.2) is 0 Å². The summed E-state index contributed by atoms with van der Waals surface area (Å²) in [5, 5.41) is 19.2. The predicted molar refractivity (Wildman–Crippen MR) is 29.8 cm³/mol. The van der Waals surface area contributed by atoms with Gasteiger partial charge in [-0.15, -0.1) is 0 Å². The Hall–Kier alpha value is -0.770. The normalized spacial score (nSPS) is 12.8. The van der Waals surface area contributed by atoms with Gasteiger partial charge in [0, 0.05) is 0 Å². The van der Waals surface area contributed by atoms with Crippen LogP contribution in [0.25, 0.3) is 0 Å². The summed E-state index contributed by atoms with van der Waals surface area (Å²) in [4.78, 5) is 0. The molecule has 0 fully saturated rings. The third-order valence-corrected chi connectivity index (χ3v) is 0.687. The zero-order chi connectivity index (χ0) is 6.57. The predicted octanol–water partition coefficient (Wildman–Crippen LogP) is -0.364. The SMILES string of the molecule is CCC([O])NC(=N)N. The van der Waals surface area contributed by atoms with Crippen LogP contribution in [0, 0.1) is 5.41 Å². The number of hydrogen-bond acceptors (Lipinski definition) is 1. The highest BCUT2D eigenvalue weighted by molar-refractivity contribution is 5.74. The Balaban J connectivity index is 3.24. The van der Waals surface area contributed by atoms with Gasteiger partial charge in [0.2, 0.25) is 0 Å². The van der Waals surface area contributed by atoms with Crippen LogP contribution in [0.2, 0.25) is 0 Å². The van der Waals surface area contributed by atoms with Gasteiger partial charge in [0.25, 0.3) is 0 Å². The van der Waals surface area contributed by atoms with Gasteiger partial charge in [0.05, 0.1) is 0 Å². The molecule has 0 heterocycles. The van der Waals surface area contributed by atoms with E-state index >= 15 is 0 Å². The molecule has 0 aromatic rings. The molecule has 0 spiro atoms. The van der Waals surface area contributed by atoms with Crippen molar-refractivity contribution in [2.24, 2.45) is 5.73 Å². The second-order valence-corrected chi connectivity index (χ2v) is 1.45. The maximum Gasteiger partial charge on any atom is 0.187 e. The molecule has 0 saturated carbocycles. The summed E-state index contributed by atoms with van der Waals surface area (Å²) < 4.78 is 0. The molecular formula is C4H10N3O. The Morgan fingerprint density at radius 1 is 2.00 bits per heavy atom. The lowest BCUT2D eigenvalue weighted by Gasteiger charge is -2.05. The fourth-order valence-electron chi connectivity index (χ4n) is 0.276. The van der Waals surface area contributed by atoms with Crippen molar-refractivity contribution in [2.75, 3.05) is 0 Å². The van der Waals surface area contributed by atoms with E-state index in [0.29, 0.717) is 6.42 Å². The molecule has 0 amide bonds. The van der Waals surface area contributed by atoms with Crippen molar-refractivity contribution in [3.8, 4) is 0 Å². The largest absolute Gasteiger partial charge is 0.370 e. The van der Waals surface area contributed by atoms with Crippen molar-refractivity contribution >= 4 is 5.96 Å². The molecule has 0 bridgehead atoms. The summed E-state index contributed by atoms with van der Waals surface area (Å²) in [6.45, 7) is 1.73. The molecule has 0 saturated heterocycles. The average Bonchev–Trinajstić information content (AvgIpc) is 1.65. The molecule has 8 heavy (non-hydrogen) atoms. The standard InChI is InChI=1S/C4H10N3O/c1-2-3(8)7-4(5)6/h3H,2H2,1H3,(H4,5,6,7). The van der Waals surface area contributed by atoms with Crippen LogP contribution in [-0.2, 0) is 5.11 Å². The van der Waals surface area contributed by atoms with Crippen LogP contribution < -0.4 is 11.1 Å². The van der Waals surface area contributed by atoms with Gasteiger partial charge in [-0.2, -0.15) is 0 Å². The number of hydrogen-bond donors (Lipinski definition) is 3. The van der Waals surface area contributed by atoms with Gasteiger partial charge in [-0.1, -0.05) is 6.92 Å². The number of nitrogens with one attached hydrogen (secondary N) is 2. The number of guanidine groups is 1. The fraction of sp³-hybridized carbons (Fsp3) is 0.750. The molecule has 0 aliphatic carbocycles. The Kier molecular flexibility index (Phi) is 2.95. The van der Waals surface area contributed by atoms with Crippen molar-refractivity contribution in [3.63, 3.8) is 0 Å². The van der Waals surface area contributed by atoms with E-state index in [9.17, 15) is 5.11 Å². The van der Waals surface area contributed by atoms with Gasteiger partial charge in [0.1, 0.15) is 0 Å². The second kappa shape index (κ2) is 3.26. The molecular weight excluding hydrogens is 106 g/mol. The van der Waals surface area contributed by atoms with E-state index < -0.39 is 6.23 Å². The molecule has 0 aliphatic rings. The van der Waals surface area contributed by atoms with Crippen LogP contribution in [0.5, 0.6) is 0 Å².